The summed E-state index contributed by atoms with van der Waals surface area (Å²) in [6.45, 7) is 10.3. The summed E-state index contributed by atoms with van der Waals surface area (Å²) < 4.78 is 12.4. The van der Waals surface area contributed by atoms with E-state index in [1.807, 2.05) is 12.1 Å². The number of amides is 3. The summed E-state index contributed by atoms with van der Waals surface area (Å²) in [7, 11) is 0. The predicted molar refractivity (Wildman–Crippen MR) is 165 cm³/mol. The average Bonchev–Trinajstić information content (AvgIpc) is 3.49. The lowest BCUT2D eigenvalue weighted by Gasteiger charge is -2.35. The van der Waals surface area contributed by atoms with Crippen molar-refractivity contribution >= 4 is 28.6 Å². The maximum Gasteiger partial charge on any atom is 0.255 e. The Morgan fingerprint density at radius 3 is 2.73 bits per heavy atom. The zero-order valence-corrected chi connectivity index (χ0v) is 25.7. The van der Waals surface area contributed by atoms with Gasteiger partial charge in [-0.05, 0) is 80.6 Å². The summed E-state index contributed by atoms with van der Waals surface area (Å²) in [5.74, 6) is 0.661. The van der Waals surface area contributed by atoms with Gasteiger partial charge >= 0.3 is 0 Å². The fraction of sp³-hybridized carbons (Fsp3) is 0.486. The van der Waals surface area contributed by atoms with Gasteiger partial charge in [0.15, 0.2) is 0 Å². The van der Waals surface area contributed by atoms with Crippen molar-refractivity contribution in [2.24, 2.45) is 5.92 Å². The lowest BCUT2D eigenvalue weighted by molar-refractivity contribution is -0.136. The summed E-state index contributed by atoms with van der Waals surface area (Å²) >= 11 is 0. The van der Waals surface area contributed by atoms with Crippen molar-refractivity contribution in [1.29, 1.82) is 0 Å². The summed E-state index contributed by atoms with van der Waals surface area (Å²) in [6.07, 6.45) is 2.63. The monoisotopic (exact) mass is 596 g/mol. The molecule has 2 aromatic carbocycles. The standard InChI is InChI=1S/C35H40N4O5/c1-21-17-38(18-22-4-8-28-23(14-22)5-9-29(36-28)24-12-13-43-35(2,3)16-24)20-31(21)44-26-6-7-27-25(15-26)19-39(34(27)42)30-10-11-32(40)37-33(30)41/h4-9,14-15,21,24,30-31H,10-13,16-20H2,1-3H3,(H,37,40,41)/t21-,24+,30+,31-/m1/s1. The minimum absolute atomic E-state index is 0.0322. The molecule has 5 heterocycles. The second-order valence-corrected chi connectivity index (χ2v) is 13.6. The SMILES string of the molecule is C[C@@H]1CN(Cc2ccc3nc([C@H]4CCOC(C)(C)C4)ccc3c2)C[C@H]1Oc1ccc2c(c1)CN([C@H]1CCC(=O)NC1=O)C2=O. The first-order valence-corrected chi connectivity index (χ1v) is 15.8. The Hall–Kier alpha value is -3.82. The van der Waals surface area contributed by atoms with Gasteiger partial charge in [0.05, 0.1) is 11.1 Å². The number of benzene rings is 2. The Labute approximate surface area is 257 Å². The maximum atomic E-state index is 13.0. The number of rotatable bonds is 6. The zero-order chi connectivity index (χ0) is 30.6. The molecule has 7 rings (SSSR count). The molecule has 0 spiro atoms. The first-order valence-electron chi connectivity index (χ1n) is 15.8. The second kappa shape index (κ2) is 11.3. The van der Waals surface area contributed by atoms with Crippen molar-refractivity contribution in [2.75, 3.05) is 19.7 Å². The normalized spacial score (nSPS) is 27.1. The van der Waals surface area contributed by atoms with E-state index in [0.29, 0.717) is 30.4 Å². The first-order chi connectivity index (χ1) is 21.1. The van der Waals surface area contributed by atoms with Crippen LogP contribution in [0.25, 0.3) is 10.9 Å². The van der Waals surface area contributed by atoms with Crippen LogP contribution in [0.5, 0.6) is 5.75 Å². The molecule has 9 nitrogen and oxygen atoms in total. The van der Waals surface area contributed by atoms with Gasteiger partial charge < -0.3 is 14.4 Å². The molecular weight excluding hydrogens is 556 g/mol. The molecule has 0 radical (unpaired) electrons. The van der Waals surface area contributed by atoms with E-state index in [1.54, 1.807) is 11.0 Å². The van der Waals surface area contributed by atoms with E-state index < -0.39 is 11.9 Å². The number of fused-ring (bicyclic) bond motifs is 2. The van der Waals surface area contributed by atoms with E-state index in [0.717, 1.165) is 67.0 Å². The minimum atomic E-state index is -0.618. The molecule has 3 fully saturated rings. The number of imide groups is 1. The van der Waals surface area contributed by atoms with Crippen molar-refractivity contribution < 1.29 is 23.9 Å². The highest BCUT2D eigenvalue weighted by Gasteiger charge is 2.39. The molecule has 3 saturated heterocycles. The lowest BCUT2D eigenvalue weighted by Crippen LogP contribution is -2.52. The smallest absolute Gasteiger partial charge is 0.255 e. The molecule has 0 saturated carbocycles. The Bertz CT molecular complexity index is 1640. The highest BCUT2D eigenvalue weighted by molar-refractivity contribution is 6.05. The number of ether oxygens (including phenoxy) is 2. The molecule has 230 valence electrons. The third kappa shape index (κ3) is 5.71. The number of aromatic nitrogens is 1. The number of nitrogens with one attached hydrogen (secondary N) is 1. The zero-order valence-electron chi connectivity index (χ0n) is 25.7. The second-order valence-electron chi connectivity index (χ2n) is 13.6. The number of hydrogen-bond acceptors (Lipinski definition) is 7. The van der Waals surface area contributed by atoms with E-state index in [1.165, 1.54) is 5.56 Å². The third-order valence-electron chi connectivity index (χ3n) is 9.70. The van der Waals surface area contributed by atoms with Crippen LogP contribution in [0.3, 0.4) is 0 Å². The largest absolute Gasteiger partial charge is 0.489 e. The molecule has 0 bridgehead atoms. The van der Waals surface area contributed by atoms with Crippen LogP contribution in [-0.2, 0) is 27.4 Å². The molecule has 9 heteroatoms. The Morgan fingerprint density at radius 1 is 1.05 bits per heavy atom. The van der Waals surface area contributed by atoms with Gasteiger partial charge in [0.1, 0.15) is 17.9 Å². The molecule has 3 amide bonds. The van der Waals surface area contributed by atoms with Crippen molar-refractivity contribution in [3.8, 4) is 5.75 Å². The van der Waals surface area contributed by atoms with E-state index in [-0.39, 0.29) is 29.9 Å². The highest BCUT2D eigenvalue weighted by Crippen LogP contribution is 2.36. The number of likely N-dealkylation sites (tertiary alicyclic amines) is 1. The molecule has 0 unspecified atom stereocenters. The van der Waals surface area contributed by atoms with Crippen molar-refractivity contribution in [3.63, 3.8) is 0 Å². The van der Waals surface area contributed by atoms with Crippen LogP contribution in [0.15, 0.2) is 48.5 Å². The van der Waals surface area contributed by atoms with Crippen LogP contribution < -0.4 is 10.1 Å². The molecule has 4 atom stereocenters. The fourth-order valence-corrected chi connectivity index (χ4v) is 7.37. The molecule has 1 aromatic heterocycles. The molecule has 1 N–H and O–H groups in total. The maximum absolute atomic E-state index is 13.0. The predicted octanol–water partition coefficient (Wildman–Crippen LogP) is 4.57. The van der Waals surface area contributed by atoms with Gasteiger partial charge in [0, 0.05) is 67.7 Å². The quantitative estimate of drug-likeness (QED) is 0.416. The van der Waals surface area contributed by atoms with Gasteiger partial charge in [-0.25, -0.2) is 0 Å². The highest BCUT2D eigenvalue weighted by atomic mass is 16.5. The van der Waals surface area contributed by atoms with Gasteiger partial charge in [0.2, 0.25) is 11.8 Å². The van der Waals surface area contributed by atoms with Gasteiger partial charge in [-0.2, -0.15) is 0 Å². The van der Waals surface area contributed by atoms with Gasteiger partial charge in [-0.15, -0.1) is 0 Å². The van der Waals surface area contributed by atoms with E-state index in [4.69, 9.17) is 14.5 Å². The minimum Gasteiger partial charge on any atom is -0.489 e. The Kier molecular flexibility index (Phi) is 7.41. The first kappa shape index (κ1) is 28.9. The molecule has 44 heavy (non-hydrogen) atoms. The number of piperidine rings is 1. The van der Waals surface area contributed by atoms with E-state index >= 15 is 0 Å². The summed E-state index contributed by atoms with van der Waals surface area (Å²) in [4.78, 5) is 46.0. The molecule has 4 aliphatic heterocycles. The Morgan fingerprint density at radius 2 is 1.91 bits per heavy atom. The van der Waals surface area contributed by atoms with Gasteiger partial charge in [-0.1, -0.05) is 19.1 Å². The molecule has 0 aliphatic carbocycles. The average molecular weight is 597 g/mol. The third-order valence-corrected chi connectivity index (χ3v) is 9.70. The van der Waals surface area contributed by atoms with Gasteiger partial charge in [0.25, 0.3) is 5.91 Å². The fourth-order valence-electron chi connectivity index (χ4n) is 7.37. The van der Waals surface area contributed by atoms with Crippen LogP contribution in [-0.4, -0.2) is 69.9 Å². The number of carbonyl (C=O) groups excluding carboxylic acids is 3. The van der Waals surface area contributed by atoms with Crippen molar-refractivity contribution in [3.05, 3.63) is 70.9 Å². The lowest BCUT2D eigenvalue weighted by atomic mass is 9.86. The topological polar surface area (TPSA) is 101 Å². The summed E-state index contributed by atoms with van der Waals surface area (Å²) in [5.41, 5.74) is 4.81. The van der Waals surface area contributed by atoms with Crippen molar-refractivity contribution in [1.82, 2.24) is 20.1 Å². The van der Waals surface area contributed by atoms with E-state index in [2.05, 4.69) is 61.3 Å². The van der Waals surface area contributed by atoms with Crippen LogP contribution in [0.1, 0.15) is 79.6 Å². The van der Waals surface area contributed by atoms with Gasteiger partial charge in [-0.3, -0.25) is 29.6 Å². The van der Waals surface area contributed by atoms with Crippen LogP contribution in [0.4, 0.5) is 0 Å². The Balaban J connectivity index is 0.979. The number of pyridine rings is 1. The molecule has 4 aliphatic rings. The summed E-state index contributed by atoms with van der Waals surface area (Å²) in [5, 5.41) is 3.52. The van der Waals surface area contributed by atoms with E-state index in [9.17, 15) is 14.4 Å². The van der Waals surface area contributed by atoms with Crippen molar-refractivity contribution in [2.45, 2.75) is 83.2 Å². The number of hydrogen-bond donors (Lipinski definition) is 1. The number of nitrogens with zero attached hydrogens (tertiary/aromatic N) is 3. The van der Waals surface area contributed by atoms with Crippen LogP contribution in [0.2, 0.25) is 0 Å². The number of carbonyl (C=O) groups is 3. The molecular formula is C35H40N4O5. The van der Waals surface area contributed by atoms with Crippen LogP contribution >= 0.6 is 0 Å². The summed E-state index contributed by atoms with van der Waals surface area (Å²) in [6, 6.07) is 16.0. The van der Waals surface area contributed by atoms with Crippen LogP contribution in [0, 0.1) is 5.92 Å². The molecule has 3 aromatic rings.